The van der Waals surface area contributed by atoms with E-state index in [-0.39, 0.29) is 5.75 Å². The molecular formula is C14H19F2NO2. The molecule has 0 spiro atoms. The number of halogens is 2. The van der Waals surface area contributed by atoms with E-state index in [1.165, 1.54) is 12.1 Å². The third kappa shape index (κ3) is 3.88. The van der Waals surface area contributed by atoms with Gasteiger partial charge in [-0.1, -0.05) is 0 Å². The SMILES string of the molecule is NCCc1cc(F)c(OCC2CCOCC2)c(F)c1. The Kier molecular flexibility index (Phi) is 5.10. The molecule has 0 radical (unpaired) electrons. The predicted molar refractivity (Wildman–Crippen MR) is 68.2 cm³/mol. The maximum atomic E-state index is 13.8. The first kappa shape index (κ1) is 14.2. The van der Waals surface area contributed by atoms with Gasteiger partial charge in [-0.25, -0.2) is 8.78 Å². The topological polar surface area (TPSA) is 44.5 Å². The van der Waals surface area contributed by atoms with Gasteiger partial charge < -0.3 is 15.2 Å². The summed E-state index contributed by atoms with van der Waals surface area (Å²) in [5, 5.41) is 0. The van der Waals surface area contributed by atoms with Crippen molar-refractivity contribution >= 4 is 0 Å². The zero-order valence-corrected chi connectivity index (χ0v) is 10.8. The van der Waals surface area contributed by atoms with Gasteiger partial charge in [-0.2, -0.15) is 0 Å². The van der Waals surface area contributed by atoms with Gasteiger partial charge in [-0.3, -0.25) is 0 Å². The summed E-state index contributed by atoms with van der Waals surface area (Å²) in [5.41, 5.74) is 5.92. The van der Waals surface area contributed by atoms with Crippen molar-refractivity contribution in [3.05, 3.63) is 29.3 Å². The van der Waals surface area contributed by atoms with E-state index in [0.29, 0.717) is 44.3 Å². The molecule has 0 bridgehead atoms. The summed E-state index contributed by atoms with van der Waals surface area (Å²) in [6, 6.07) is 2.57. The fourth-order valence-electron chi connectivity index (χ4n) is 2.18. The molecule has 0 aliphatic carbocycles. The van der Waals surface area contributed by atoms with Crippen LogP contribution in [0.25, 0.3) is 0 Å². The molecule has 106 valence electrons. The highest BCUT2D eigenvalue weighted by Gasteiger charge is 2.18. The van der Waals surface area contributed by atoms with Crippen LogP contribution in [0, 0.1) is 17.6 Å². The molecule has 3 nitrogen and oxygen atoms in total. The lowest BCUT2D eigenvalue weighted by atomic mass is 10.0. The molecule has 0 atom stereocenters. The molecule has 1 saturated heterocycles. The second kappa shape index (κ2) is 6.82. The Bertz CT molecular complexity index is 397. The minimum Gasteiger partial charge on any atom is -0.487 e. The molecule has 1 aliphatic heterocycles. The van der Waals surface area contributed by atoms with Crippen molar-refractivity contribution < 1.29 is 18.3 Å². The Morgan fingerprint density at radius 3 is 2.42 bits per heavy atom. The van der Waals surface area contributed by atoms with E-state index < -0.39 is 11.6 Å². The van der Waals surface area contributed by atoms with Gasteiger partial charge in [0.25, 0.3) is 0 Å². The Balaban J connectivity index is 1.99. The van der Waals surface area contributed by atoms with Gasteiger partial charge in [0, 0.05) is 13.2 Å². The molecule has 1 fully saturated rings. The highest BCUT2D eigenvalue weighted by molar-refractivity contribution is 5.31. The van der Waals surface area contributed by atoms with E-state index in [2.05, 4.69) is 0 Å². The molecule has 1 aliphatic rings. The lowest BCUT2D eigenvalue weighted by Gasteiger charge is -2.22. The number of ether oxygens (including phenoxy) is 2. The van der Waals surface area contributed by atoms with Crippen molar-refractivity contribution in [2.75, 3.05) is 26.4 Å². The van der Waals surface area contributed by atoms with Crippen LogP contribution in [0.1, 0.15) is 18.4 Å². The molecule has 0 unspecified atom stereocenters. The van der Waals surface area contributed by atoms with E-state index in [1.54, 1.807) is 0 Å². The van der Waals surface area contributed by atoms with Gasteiger partial charge in [0.1, 0.15) is 0 Å². The summed E-state index contributed by atoms with van der Waals surface area (Å²) < 4.78 is 38.0. The van der Waals surface area contributed by atoms with E-state index in [1.807, 2.05) is 0 Å². The van der Waals surface area contributed by atoms with Crippen molar-refractivity contribution in [3.8, 4) is 5.75 Å². The summed E-state index contributed by atoms with van der Waals surface area (Å²) >= 11 is 0. The second-order valence-electron chi connectivity index (χ2n) is 4.79. The Labute approximate surface area is 111 Å². The summed E-state index contributed by atoms with van der Waals surface area (Å²) in [4.78, 5) is 0. The normalized spacial score (nSPS) is 16.6. The smallest absolute Gasteiger partial charge is 0.190 e. The molecule has 2 rings (SSSR count). The molecule has 0 saturated carbocycles. The molecule has 19 heavy (non-hydrogen) atoms. The van der Waals surface area contributed by atoms with Gasteiger partial charge in [-0.15, -0.1) is 0 Å². The zero-order chi connectivity index (χ0) is 13.7. The van der Waals surface area contributed by atoms with Crippen molar-refractivity contribution in [1.29, 1.82) is 0 Å². The quantitative estimate of drug-likeness (QED) is 0.893. The molecule has 1 heterocycles. The monoisotopic (exact) mass is 271 g/mol. The van der Waals surface area contributed by atoms with E-state index in [4.69, 9.17) is 15.2 Å². The minimum atomic E-state index is -0.657. The molecular weight excluding hydrogens is 252 g/mol. The minimum absolute atomic E-state index is 0.285. The van der Waals surface area contributed by atoms with Crippen LogP contribution >= 0.6 is 0 Å². The van der Waals surface area contributed by atoms with Crippen LogP contribution in [0.5, 0.6) is 5.75 Å². The van der Waals surface area contributed by atoms with Gasteiger partial charge >= 0.3 is 0 Å². The fraction of sp³-hybridized carbons (Fsp3) is 0.571. The molecule has 5 heteroatoms. The van der Waals surface area contributed by atoms with Crippen LogP contribution in [0.2, 0.25) is 0 Å². The molecule has 0 aromatic heterocycles. The van der Waals surface area contributed by atoms with Crippen LogP contribution in [0.15, 0.2) is 12.1 Å². The third-order valence-electron chi connectivity index (χ3n) is 3.30. The summed E-state index contributed by atoms with van der Waals surface area (Å²) in [5.74, 6) is -1.30. The highest BCUT2D eigenvalue weighted by Crippen LogP contribution is 2.25. The zero-order valence-electron chi connectivity index (χ0n) is 10.8. The van der Waals surface area contributed by atoms with Gasteiger partial charge in [0.15, 0.2) is 17.4 Å². The summed E-state index contributed by atoms with van der Waals surface area (Å²) in [6.07, 6.45) is 2.19. The van der Waals surface area contributed by atoms with E-state index in [0.717, 1.165) is 12.8 Å². The van der Waals surface area contributed by atoms with Crippen molar-refractivity contribution in [3.63, 3.8) is 0 Å². The first-order valence-corrected chi connectivity index (χ1v) is 6.59. The largest absolute Gasteiger partial charge is 0.487 e. The summed E-state index contributed by atoms with van der Waals surface area (Å²) in [6.45, 7) is 2.07. The van der Waals surface area contributed by atoms with E-state index >= 15 is 0 Å². The predicted octanol–water partition coefficient (Wildman–Crippen LogP) is 2.27. The third-order valence-corrected chi connectivity index (χ3v) is 3.30. The number of hydrogen-bond acceptors (Lipinski definition) is 3. The van der Waals surface area contributed by atoms with Crippen LogP contribution < -0.4 is 10.5 Å². The van der Waals surface area contributed by atoms with Crippen molar-refractivity contribution in [2.24, 2.45) is 11.7 Å². The Morgan fingerprint density at radius 1 is 1.21 bits per heavy atom. The van der Waals surface area contributed by atoms with Gasteiger partial charge in [0.2, 0.25) is 0 Å². The average Bonchev–Trinajstić information content (AvgIpc) is 2.39. The second-order valence-corrected chi connectivity index (χ2v) is 4.79. The lowest BCUT2D eigenvalue weighted by Crippen LogP contribution is -2.22. The van der Waals surface area contributed by atoms with Gasteiger partial charge in [0.05, 0.1) is 6.61 Å². The maximum absolute atomic E-state index is 13.8. The van der Waals surface area contributed by atoms with E-state index in [9.17, 15) is 8.78 Å². The van der Waals surface area contributed by atoms with Crippen molar-refractivity contribution in [1.82, 2.24) is 0 Å². The first-order valence-electron chi connectivity index (χ1n) is 6.59. The maximum Gasteiger partial charge on any atom is 0.190 e. The molecule has 0 amide bonds. The molecule has 1 aromatic carbocycles. The molecule has 1 aromatic rings. The average molecular weight is 271 g/mol. The number of hydrogen-bond donors (Lipinski definition) is 1. The number of nitrogens with two attached hydrogens (primary N) is 1. The van der Waals surface area contributed by atoms with Crippen LogP contribution in [0.3, 0.4) is 0 Å². The first-order chi connectivity index (χ1) is 9.20. The van der Waals surface area contributed by atoms with Gasteiger partial charge in [-0.05, 0) is 49.4 Å². The standard InChI is InChI=1S/C14H19F2NO2/c15-12-7-11(1-4-17)8-13(16)14(12)19-9-10-2-5-18-6-3-10/h7-8,10H,1-6,9,17H2. The number of rotatable bonds is 5. The van der Waals surface area contributed by atoms with Crippen LogP contribution in [0.4, 0.5) is 8.78 Å². The van der Waals surface area contributed by atoms with Crippen LogP contribution in [-0.4, -0.2) is 26.4 Å². The Morgan fingerprint density at radius 2 is 1.84 bits per heavy atom. The number of benzene rings is 1. The summed E-state index contributed by atoms with van der Waals surface area (Å²) in [7, 11) is 0. The molecule has 2 N–H and O–H groups in total. The Hall–Kier alpha value is -1.20. The highest BCUT2D eigenvalue weighted by atomic mass is 19.1. The van der Waals surface area contributed by atoms with Crippen molar-refractivity contribution in [2.45, 2.75) is 19.3 Å². The van der Waals surface area contributed by atoms with Crippen LogP contribution in [-0.2, 0) is 11.2 Å². The lowest BCUT2D eigenvalue weighted by molar-refractivity contribution is 0.0485. The fourth-order valence-corrected chi connectivity index (χ4v) is 2.18.